The number of carbonyl (C=O) groups is 2. The molecule has 5 nitrogen and oxygen atoms in total. The lowest BCUT2D eigenvalue weighted by Gasteiger charge is -2.49. The fourth-order valence-electron chi connectivity index (χ4n) is 2.31. The van der Waals surface area contributed by atoms with E-state index in [1.54, 1.807) is 5.01 Å². The van der Waals surface area contributed by atoms with E-state index in [2.05, 4.69) is 13.8 Å². The molecule has 1 heterocycles. The van der Waals surface area contributed by atoms with Crippen molar-refractivity contribution in [3.8, 4) is 0 Å². The van der Waals surface area contributed by atoms with E-state index in [9.17, 15) is 9.59 Å². The van der Waals surface area contributed by atoms with E-state index in [1.165, 1.54) is 0 Å². The van der Waals surface area contributed by atoms with Gasteiger partial charge in [0.2, 0.25) is 0 Å². The molecule has 0 unspecified atom stereocenters. The Morgan fingerprint density at radius 1 is 1.39 bits per heavy atom. The molecule has 0 aromatic heterocycles. The minimum atomic E-state index is -0.0973. The molecule has 1 rings (SSSR count). The van der Waals surface area contributed by atoms with Crippen LogP contribution in [0.2, 0.25) is 0 Å². The van der Waals surface area contributed by atoms with Gasteiger partial charge in [0.25, 0.3) is 5.91 Å². The van der Waals surface area contributed by atoms with Gasteiger partial charge in [-0.1, -0.05) is 20.8 Å². The van der Waals surface area contributed by atoms with Crippen molar-refractivity contribution >= 4 is 20.8 Å². The van der Waals surface area contributed by atoms with Crippen LogP contribution in [0.25, 0.3) is 0 Å². The van der Waals surface area contributed by atoms with Crippen molar-refractivity contribution in [2.24, 2.45) is 10.7 Å². The molecule has 6 heteroatoms. The van der Waals surface area contributed by atoms with E-state index in [0.717, 1.165) is 19.5 Å². The van der Waals surface area contributed by atoms with Gasteiger partial charge in [-0.05, 0) is 9.03 Å². The standard InChI is InChI=1S/C12H23N3O2P/c1-4-11(16)15(8-5-9-15)14(7-6-13-18)12(17)10(2)3/h10,18H,4-9H2,1-3H3/q+1. The van der Waals surface area contributed by atoms with Gasteiger partial charge in [0, 0.05) is 5.92 Å². The zero-order chi connectivity index (χ0) is 13.8. The molecule has 0 aromatic carbocycles. The van der Waals surface area contributed by atoms with E-state index in [4.69, 9.17) is 0 Å². The second kappa shape index (κ2) is 6.39. The topological polar surface area (TPSA) is 49.7 Å². The maximum atomic E-state index is 12.3. The molecule has 1 aliphatic rings. The van der Waals surface area contributed by atoms with Crippen molar-refractivity contribution in [3.63, 3.8) is 0 Å². The van der Waals surface area contributed by atoms with Gasteiger partial charge in [-0.2, -0.15) is 9.60 Å². The van der Waals surface area contributed by atoms with E-state index in [1.807, 2.05) is 20.8 Å². The first-order chi connectivity index (χ1) is 8.49. The van der Waals surface area contributed by atoms with Crippen LogP contribution >= 0.6 is 9.03 Å². The molecular formula is C12H23N3O2P+. The van der Waals surface area contributed by atoms with Crippen LogP contribution in [-0.2, 0) is 9.59 Å². The molecule has 18 heavy (non-hydrogen) atoms. The molecule has 2 amide bonds. The van der Waals surface area contributed by atoms with Gasteiger partial charge in [0.1, 0.15) is 13.1 Å². The van der Waals surface area contributed by atoms with Crippen LogP contribution in [0.4, 0.5) is 0 Å². The molecular weight excluding hydrogens is 249 g/mol. The minimum absolute atomic E-state index is 0.0341. The van der Waals surface area contributed by atoms with Crippen molar-refractivity contribution in [3.05, 3.63) is 0 Å². The number of hydrogen-bond acceptors (Lipinski definition) is 3. The van der Waals surface area contributed by atoms with Crippen molar-refractivity contribution < 1.29 is 14.2 Å². The third-order valence-corrected chi connectivity index (χ3v) is 3.68. The van der Waals surface area contributed by atoms with Crippen LogP contribution in [0.3, 0.4) is 0 Å². The summed E-state index contributed by atoms with van der Waals surface area (Å²) in [6, 6.07) is 0. The molecule has 0 radical (unpaired) electrons. The van der Waals surface area contributed by atoms with Crippen molar-refractivity contribution in [1.82, 2.24) is 5.01 Å². The van der Waals surface area contributed by atoms with Gasteiger partial charge in [-0.15, -0.1) is 0 Å². The van der Waals surface area contributed by atoms with Crippen LogP contribution in [-0.4, -0.2) is 47.6 Å². The van der Waals surface area contributed by atoms with Crippen molar-refractivity contribution in [2.75, 3.05) is 26.2 Å². The number of nitrogens with zero attached hydrogens (tertiary/aromatic N) is 3. The summed E-state index contributed by atoms with van der Waals surface area (Å²) in [7, 11) is 3.07. The molecule has 0 atom stereocenters. The van der Waals surface area contributed by atoms with Crippen molar-refractivity contribution in [1.29, 1.82) is 0 Å². The van der Waals surface area contributed by atoms with Gasteiger partial charge >= 0.3 is 5.91 Å². The van der Waals surface area contributed by atoms with Gasteiger partial charge in [0.15, 0.2) is 0 Å². The first kappa shape index (κ1) is 15.3. The molecule has 0 aromatic rings. The Morgan fingerprint density at radius 2 is 2.00 bits per heavy atom. The summed E-state index contributed by atoms with van der Waals surface area (Å²) in [6.07, 6.45) is 1.46. The highest BCUT2D eigenvalue weighted by molar-refractivity contribution is 7.03. The minimum Gasteiger partial charge on any atom is -0.270 e. The maximum absolute atomic E-state index is 12.3. The lowest BCUT2D eigenvalue weighted by atomic mass is 10.1. The zero-order valence-electron chi connectivity index (χ0n) is 11.5. The Morgan fingerprint density at radius 3 is 2.33 bits per heavy atom. The predicted octanol–water partition coefficient (Wildman–Crippen LogP) is 1.87. The average molecular weight is 272 g/mol. The first-order valence-electron chi connectivity index (χ1n) is 6.55. The Bertz CT molecular complexity index is 340. The molecule has 0 saturated carbocycles. The Labute approximate surface area is 111 Å². The second-order valence-corrected chi connectivity index (χ2v) is 5.28. The summed E-state index contributed by atoms with van der Waals surface area (Å²) in [5.74, 6) is 0.0657. The molecule has 0 aliphatic carbocycles. The summed E-state index contributed by atoms with van der Waals surface area (Å²) >= 11 is 0. The molecule has 1 fully saturated rings. The highest BCUT2D eigenvalue weighted by Gasteiger charge is 2.50. The van der Waals surface area contributed by atoms with Crippen LogP contribution < -0.4 is 0 Å². The van der Waals surface area contributed by atoms with E-state index in [-0.39, 0.29) is 22.3 Å². The normalized spacial score (nSPS) is 17.1. The first-order valence-corrected chi connectivity index (χ1v) is 7.00. The number of quaternary nitrogens is 1. The summed E-state index contributed by atoms with van der Waals surface area (Å²) in [5, 5.41) is 1.71. The van der Waals surface area contributed by atoms with E-state index >= 15 is 0 Å². The summed E-state index contributed by atoms with van der Waals surface area (Å²) in [4.78, 5) is 24.5. The maximum Gasteiger partial charge on any atom is 0.337 e. The number of likely N-dealkylation sites (tertiary alicyclic amines) is 1. The molecule has 0 N–H and O–H groups in total. The summed E-state index contributed by atoms with van der Waals surface area (Å²) < 4.78 is 4.07. The molecule has 0 bridgehead atoms. The number of rotatable bonds is 5. The second-order valence-electron chi connectivity index (χ2n) is 4.97. The quantitative estimate of drug-likeness (QED) is 0.566. The summed E-state index contributed by atoms with van der Waals surface area (Å²) in [6.45, 7) is 8.07. The SMILES string of the molecule is CCC(=O)[N+]1(N(CCN=P)C(=O)C(C)C)CCC1. The van der Waals surface area contributed by atoms with E-state index < -0.39 is 0 Å². The van der Waals surface area contributed by atoms with Gasteiger partial charge in [-0.25, -0.2) is 4.79 Å². The fraction of sp³-hybridized carbons (Fsp3) is 0.833. The predicted molar refractivity (Wildman–Crippen MR) is 72.1 cm³/mol. The van der Waals surface area contributed by atoms with Crippen molar-refractivity contribution in [2.45, 2.75) is 33.6 Å². The van der Waals surface area contributed by atoms with Crippen LogP contribution in [0, 0.1) is 5.92 Å². The lowest BCUT2D eigenvalue weighted by molar-refractivity contribution is -0.989. The zero-order valence-corrected chi connectivity index (χ0v) is 12.5. The van der Waals surface area contributed by atoms with Gasteiger partial charge < -0.3 is 0 Å². The van der Waals surface area contributed by atoms with Gasteiger partial charge in [-0.3, -0.25) is 9.54 Å². The molecule has 0 spiro atoms. The van der Waals surface area contributed by atoms with Crippen LogP contribution in [0.15, 0.2) is 4.74 Å². The fourth-order valence-corrected chi connectivity index (χ4v) is 2.41. The number of amides is 2. The largest absolute Gasteiger partial charge is 0.337 e. The number of carbonyl (C=O) groups excluding carboxylic acids is 2. The highest BCUT2D eigenvalue weighted by atomic mass is 31.0. The van der Waals surface area contributed by atoms with Gasteiger partial charge in [0.05, 0.1) is 25.9 Å². The molecule has 1 saturated heterocycles. The monoisotopic (exact) mass is 272 g/mol. The summed E-state index contributed by atoms with van der Waals surface area (Å²) in [5.41, 5.74) is 0. The van der Waals surface area contributed by atoms with Crippen LogP contribution in [0.1, 0.15) is 33.6 Å². The lowest BCUT2D eigenvalue weighted by Crippen LogP contribution is -2.72. The molecule has 102 valence electrons. The average Bonchev–Trinajstić information content (AvgIpc) is 2.30. The Kier molecular flexibility index (Phi) is 5.42. The van der Waals surface area contributed by atoms with E-state index in [0.29, 0.717) is 19.5 Å². The third kappa shape index (κ3) is 2.78. The number of hydrogen-bond donors (Lipinski definition) is 0. The molecule has 1 aliphatic heterocycles. The smallest absolute Gasteiger partial charge is 0.270 e. The third-order valence-electron chi connectivity index (χ3n) is 3.46. The Hall–Kier alpha value is -0.800. The Balaban J connectivity index is 2.96. The van der Waals surface area contributed by atoms with Crippen LogP contribution in [0.5, 0.6) is 0 Å². The highest BCUT2D eigenvalue weighted by Crippen LogP contribution is 2.27.